The molecule has 1 atom stereocenters. The topological polar surface area (TPSA) is 49.6 Å². The Morgan fingerprint density at radius 1 is 1.44 bits per heavy atom. The van der Waals surface area contributed by atoms with Crippen molar-refractivity contribution in [1.82, 2.24) is 19.6 Å². The van der Waals surface area contributed by atoms with Gasteiger partial charge in [0.05, 0.1) is 18.2 Å². The summed E-state index contributed by atoms with van der Waals surface area (Å²) in [6.45, 7) is 2.24. The second-order valence-electron chi connectivity index (χ2n) is 5.86. The van der Waals surface area contributed by atoms with Crippen molar-refractivity contribution in [3.8, 4) is 0 Å². The summed E-state index contributed by atoms with van der Waals surface area (Å²) in [6.07, 6.45) is 4.21. The van der Waals surface area contributed by atoms with Gasteiger partial charge in [0.2, 0.25) is 5.91 Å². The van der Waals surface area contributed by atoms with Crippen molar-refractivity contribution < 1.29 is 4.79 Å². The molecule has 1 aliphatic heterocycles. The number of imidazole rings is 1. The van der Waals surface area contributed by atoms with Gasteiger partial charge in [-0.3, -0.25) is 9.20 Å². The standard InChI is InChI=1S/C17H17ClN4OS.ClH/c18-13-3-1-2-12(8-13)15-10-19-4-5-22(15)16(23)9-14-11-21-6-7-24-17(21)20-14;/h1-3,6-8,11,15,19H,4-5,9-10H2;1H. The Morgan fingerprint density at radius 2 is 2.32 bits per heavy atom. The first kappa shape index (κ1) is 18.2. The number of benzene rings is 1. The van der Waals surface area contributed by atoms with E-state index in [1.165, 1.54) is 0 Å². The summed E-state index contributed by atoms with van der Waals surface area (Å²) in [6, 6.07) is 7.75. The molecule has 8 heteroatoms. The normalized spacial score (nSPS) is 17.5. The number of thiazole rings is 1. The van der Waals surface area contributed by atoms with Crippen molar-refractivity contribution in [2.24, 2.45) is 0 Å². The van der Waals surface area contributed by atoms with Crippen LogP contribution in [-0.2, 0) is 11.2 Å². The Kier molecular flexibility index (Phi) is 5.64. The summed E-state index contributed by atoms with van der Waals surface area (Å²) >= 11 is 7.69. The van der Waals surface area contributed by atoms with Crippen molar-refractivity contribution in [1.29, 1.82) is 0 Å². The Labute approximate surface area is 161 Å². The van der Waals surface area contributed by atoms with E-state index in [0.29, 0.717) is 18.0 Å². The van der Waals surface area contributed by atoms with Crippen LogP contribution >= 0.6 is 35.3 Å². The van der Waals surface area contributed by atoms with Gasteiger partial charge in [-0.15, -0.1) is 23.7 Å². The zero-order valence-corrected chi connectivity index (χ0v) is 15.8. The van der Waals surface area contributed by atoms with Crippen LogP contribution in [0.2, 0.25) is 5.02 Å². The third-order valence-electron chi connectivity index (χ3n) is 4.27. The highest BCUT2D eigenvalue weighted by atomic mass is 35.5. The predicted octanol–water partition coefficient (Wildman–Crippen LogP) is 3.19. The number of carbonyl (C=O) groups excluding carboxylic acids is 1. The van der Waals surface area contributed by atoms with Crippen LogP contribution in [0.15, 0.2) is 42.0 Å². The molecule has 1 N–H and O–H groups in total. The van der Waals surface area contributed by atoms with Gasteiger partial charge in [0.15, 0.2) is 4.96 Å². The van der Waals surface area contributed by atoms with Crippen LogP contribution in [0, 0.1) is 0 Å². The third-order valence-corrected chi connectivity index (χ3v) is 5.28. The van der Waals surface area contributed by atoms with Gasteiger partial charge in [0.25, 0.3) is 0 Å². The highest BCUT2D eigenvalue weighted by Gasteiger charge is 2.28. The summed E-state index contributed by atoms with van der Waals surface area (Å²) in [5.41, 5.74) is 1.88. The van der Waals surface area contributed by atoms with Gasteiger partial charge in [-0.05, 0) is 17.7 Å². The van der Waals surface area contributed by atoms with Crippen molar-refractivity contribution in [2.45, 2.75) is 12.5 Å². The molecule has 1 amide bonds. The van der Waals surface area contributed by atoms with Crippen LogP contribution in [0.25, 0.3) is 4.96 Å². The molecule has 4 rings (SSSR count). The lowest BCUT2D eigenvalue weighted by atomic mass is 10.0. The fraction of sp³-hybridized carbons (Fsp3) is 0.294. The maximum Gasteiger partial charge on any atom is 0.229 e. The van der Waals surface area contributed by atoms with E-state index in [4.69, 9.17) is 11.6 Å². The molecule has 25 heavy (non-hydrogen) atoms. The van der Waals surface area contributed by atoms with E-state index >= 15 is 0 Å². The highest BCUT2D eigenvalue weighted by Crippen LogP contribution is 2.25. The number of hydrogen-bond donors (Lipinski definition) is 1. The molecule has 132 valence electrons. The summed E-state index contributed by atoms with van der Waals surface area (Å²) < 4.78 is 1.96. The minimum absolute atomic E-state index is 0. The van der Waals surface area contributed by atoms with E-state index < -0.39 is 0 Å². The zero-order chi connectivity index (χ0) is 16.5. The molecule has 1 aromatic carbocycles. The lowest BCUT2D eigenvalue weighted by Gasteiger charge is -2.36. The van der Waals surface area contributed by atoms with Crippen LogP contribution in [0.4, 0.5) is 0 Å². The monoisotopic (exact) mass is 396 g/mol. The number of aromatic nitrogens is 2. The van der Waals surface area contributed by atoms with E-state index in [-0.39, 0.29) is 24.4 Å². The molecule has 0 bridgehead atoms. The van der Waals surface area contributed by atoms with Crippen molar-refractivity contribution >= 4 is 46.2 Å². The molecule has 2 aromatic heterocycles. The van der Waals surface area contributed by atoms with E-state index in [2.05, 4.69) is 10.3 Å². The van der Waals surface area contributed by atoms with E-state index in [1.807, 2.05) is 51.3 Å². The Bertz CT molecular complexity index is 850. The first-order chi connectivity index (χ1) is 11.7. The van der Waals surface area contributed by atoms with Crippen LogP contribution in [0.5, 0.6) is 0 Å². The van der Waals surface area contributed by atoms with E-state index in [0.717, 1.165) is 29.3 Å². The van der Waals surface area contributed by atoms with Crippen LogP contribution in [-0.4, -0.2) is 39.8 Å². The summed E-state index contributed by atoms with van der Waals surface area (Å²) in [5, 5.41) is 6.04. The van der Waals surface area contributed by atoms with Gasteiger partial charge in [-0.1, -0.05) is 23.7 Å². The molecule has 0 saturated carbocycles. The second-order valence-corrected chi connectivity index (χ2v) is 7.17. The first-order valence-electron chi connectivity index (χ1n) is 7.87. The van der Waals surface area contributed by atoms with Gasteiger partial charge in [-0.25, -0.2) is 4.98 Å². The minimum Gasteiger partial charge on any atom is -0.333 e. The van der Waals surface area contributed by atoms with Gasteiger partial charge in [0.1, 0.15) is 0 Å². The molecule has 1 unspecified atom stereocenters. The molecular weight excluding hydrogens is 379 g/mol. The number of nitrogens with one attached hydrogen (secondary N) is 1. The van der Waals surface area contributed by atoms with Crippen molar-refractivity contribution in [2.75, 3.05) is 19.6 Å². The third kappa shape index (κ3) is 3.82. The largest absolute Gasteiger partial charge is 0.333 e. The fourth-order valence-electron chi connectivity index (χ4n) is 3.13. The average molecular weight is 397 g/mol. The lowest BCUT2D eigenvalue weighted by molar-refractivity contribution is -0.133. The summed E-state index contributed by atoms with van der Waals surface area (Å²) in [5.74, 6) is 0.104. The molecule has 3 aromatic rings. The molecule has 5 nitrogen and oxygen atoms in total. The highest BCUT2D eigenvalue weighted by molar-refractivity contribution is 7.15. The molecule has 3 heterocycles. The second kappa shape index (κ2) is 7.74. The number of piperazine rings is 1. The Balaban J connectivity index is 0.00000182. The summed E-state index contributed by atoms with van der Waals surface area (Å²) in [4.78, 5) is 20.2. The van der Waals surface area contributed by atoms with E-state index in [9.17, 15) is 4.79 Å². The minimum atomic E-state index is 0. The van der Waals surface area contributed by atoms with Crippen molar-refractivity contribution in [3.63, 3.8) is 0 Å². The number of amides is 1. The molecule has 0 aliphatic carbocycles. The lowest BCUT2D eigenvalue weighted by Crippen LogP contribution is -2.49. The number of nitrogens with zero attached hydrogens (tertiary/aromatic N) is 3. The number of halogens is 2. The van der Waals surface area contributed by atoms with Gasteiger partial charge >= 0.3 is 0 Å². The average Bonchev–Trinajstić information content (AvgIpc) is 3.16. The molecular formula is C17H18Cl2N4OS. The molecule has 1 fully saturated rings. The smallest absolute Gasteiger partial charge is 0.229 e. The Morgan fingerprint density at radius 3 is 3.12 bits per heavy atom. The zero-order valence-electron chi connectivity index (χ0n) is 13.4. The van der Waals surface area contributed by atoms with Crippen LogP contribution < -0.4 is 5.32 Å². The summed E-state index contributed by atoms with van der Waals surface area (Å²) in [7, 11) is 0. The molecule has 0 spiro atoms. The maximum atomic E-state index is 12.9. The maximum absolute atomic E-state index is 12.9. The van der Waals surface area contributed by atoms with Gasteiger partial charge in [-0.2, -0.15) is 0 Å². The molecule has 1 saturated heterocycles. The number of hydrogen-bond acceptors (Lipinski definition) is 4. The quantitative estimate of drug-likeness (QED) is 0.739. The van der Waals surface area contributed by atoms with Crippen LogP contribution in [0.3, 0.4) is 0 Å². The van der Waals surface area contributed by atoms with Crippen molar-refractivity contribution in [3.05, 3.63) is 58.3 Å². The SMILES string of the molecule is Cl.O=C(Cc1cn2ccsc2n1)N1CCNCC1c1cccc(Cl)c1. The van der Waals surface area contributed by atoms with E-state index in [1.54, 1.807) is 11.3 Å². The first-order valence-corrected chi connectivity index (χ1v) is 9.13. The number of fused-ring (bicyclic) bond motifs is 1. The molecule has 1 aliphatic rings. The fourth-order valence-corrected chi connectivity index (χ4v) is 4.05. The number of rotatable bonds is 3. The Hall–Kier alpha value is -1.60. The molecule has 0 radical (unpaired) electrons. The van der Waals surface area contributed by atoms with Crippen LogP contribution in [0.1, 0.15) is 17.3 Å². The van der Waals surface area contributed by atoms with Gasteiger partial charge in [0, 0.05) is 42.4 Å². The van der Waals surface area contributed by atoms with Gasteiger partial charge < -0.3 is 10.2 Å². The predicted molar refractivity (Wildman–Crippen MR) is 103 cm³/mol. The number of carbonyl (C=O) groups is 1.